The topological polar surface area (TPSA) is 12.0 Å². The van der Waals surface area contributed by atoms with Gasteiger partial charge < -0.3 is 5.32 Å². The Labute approximate surface area is 104 Å². The second-order valence-corrected chi connectivity index (χ2v) is 5.03. The Kier molecular flexibility index (Phi) is 6.20. The molecule has 0 spiro atoms. The quantitative estimate of drug-likeness (QED) is 0.745. The van der Waals surface area contributed by atoms with Crippen LogP contribution >= 0.6 is 0 Å². The Balaban J connectivity index is 2.63. The van der Waals surface area contributed by atoms with E-state index in [1.54, 1.807) is 12.1 Å². The van der Waals surface area contributed by atoms with Crippen molar-refractivity contribution >= 4 is 0 Å². The minimum Gasteiger partial charge on any atom is -0.310 e. The fourth-order valence-electron chi connectivity index (χ4n) is 1.90. The maximum atomic E-state index is 12.9. The molecular weight excluding hydrogens is 213 g/mol. The van der Waals surface area contributed by atoms with Crippen LogP contribution in [0.4, 0.5) is 4.39 Å². The molecule has 0 bridgehead atoms. The monoisotopic (exact) mass is 237 g/mol. The molecule has 0 radical (unpaired) electrons. The number of benzene rings is 1. The van der Waals surface area contributed by atoms with E-state index in [0.717, 1.165) is 19.4 Å². The zero-order valence-electron chi connectivity index (χ0n) is 11.2. The molecule has 0 saturated heterocycles. The lowest BCUT2D eigenvalue weighted by molar-refractivity contribution is 0.440. The van der Waals surface area contributed by atoms with Gasteiger partial charge in [-0.05, 0) is 49.4 Å². The molecule has 1 rings (SSSR count). The molecule has 0 amide bonds. The van der Waals surface area contributed by atoms with Gasteiger partial charge in [0.05, 0.1) is 0 Å². The lowest BCUT2D eigenvalue weighted by Gasteiger charge is -2.20. The van der Waals surface area contributed by atoms with Gasteiger partial charge in [0.25, 0.3) is 0 Å². The van der Waals surface area contributed by atoms with E-state index in [1.807, 2.05) is 12.1 Å². The molecule has 96 valence electrons. The summed E-state index contributed by atoms with van der Waals surface area (Å²) in [5.41, 5.74) is 1.19. The van der Waals surface area contributed by atoms with Gasteiger partial charge in [-0.25, -0.2) is 4.39 Å². The molecule has 0 heterocycles. The molecule has 1 unspecified atom stereocenters. The smallest absolute Gasteiger partial charge is 0.123 e. The highest BCUT2D eigenvalue weighted by Crippen LogP contribution is 2.21. The van der Waals surface area contributed by atoms with Crippen LogP contribution in [0.15, 0.2) is 24.3 Å². The van der Waals surface area contributed by atoms with Gasteiger partial charge in [0.1, 0.15) is 5.82 Å². The third-order valence-corrected chi connectivity index (χ3v) is 2.95. The lowest BCUT2D eigenvalue weighted by Crippen LogP contribution is -2.22. The van der Waals surface area contributed by atoms with Gasteiger partial charge >= 0.3 is 0 Å². The van der Waals surface area contributed by atoms with Crippen LogP contribution < -0.4 is 5.32 Å². The predicted octanol–water partition coefficient (Wildman–Crippen LogP) is 4.30. The van der Waals surface area contributed by atoms with Crippen LogP contribution in [-0.4, -0.2) is 6.54 Å². The molecule has 1 aromatic rings. The first-order valence-electron chi connectivity index (χ1n) is 6.62. The third-order valence-electron chi connectivity index (χ3n) is 2.95. The third kappa shape index (κ3) is 5.31. The molecule has 0 fully saturated rings. The molecule has 17 heavy (non-hydrogen) atoms. The Hall–Kier alpha value is -0.890. The number of hydrogen-bond acceptors (Lipinski definition) is 1. The van der Waals surface area contributed by atoms with Crippen molar-refractivity contribution in [3.63, 3.8) is 0 Å². The van der Waals surface area contributed by atoms with E-state index in [-0.39, 0.29) is 5.82 Å². The molecule has 1 atom stereocenters. The second-order valence-electron chi connectivity index (χ2n) is 5.03. The largest absolute Gasteiger partial charge is 0.310 e. The van der Waals surface area contributed by atoms with Crippen molar-refractivity contribution in [2.45, 2.75) is 46.1 Å². The van der Waals surface area contributed by atoms with E-state index < -0.39 is 0 Å². The first-order chi connectivity index (χ1) is 8.13. The van der Waals surface area contributed by atoms with Crippen molar-refractivity contribution in [3.05, 3.63) is 35.6 Å². The van der Waals surface area contributed by atoms with E-state index >= 15 is 0 Å². The fourth-order valence-corrected chi connectivity index (χ4v) is 1.90. The van der Waals surface area contributed by atoms with E-state index in [1.165, 1.54) is 12.0 Å². The summed E-state index contributed by atoms with van der Waals surface area (Å²) < 4.78 is 12.9. The highest BCUT2D eigenvalue weighted by molar-refractivity contribution is 5.19. The number of hydrogen-bond donors (Lipinski definition) is 1. The summed E-state index contributed by atoms with van der Waals surface area (Å²) in [6.07, 6.45) is 3.43. The van der Waals surface area contributed by atoms with Gasteiger partial charge in [-0.1, -0.05) is 32.9 Å². The SMILES string of the molecule is CCCNC(CCC(C)C)c1ccc(F)cc1. The van der Waals surface area contributed by atoms with Gasteiger partial charge in [-0.3, -0.25) is 0 Å². The molecule has 0 aromatic heterocycles. The molecule has 0 aliphatic rings. The lowest BCUT2D eigenvalue weighted by atomic mass is 9.97. The van der Waals surface area contributed by atoms with Gasteiger partial charge in [-0.2, -0.15) is 0 Å². The van der Waals surface area contributed by atoms with Crippen molar-refractivity contribution in [1.29, 1.82) is 0 Å². The highest BCUT2D eigenvalue weighted by Gasteiger charge is 2.11. The van der Waals surface area contributed by atoms with Crippen molar-refractivity contribution in [2.24, 2.45) is 5.92 Å². The summed E-state index contributed by atoms with van der Waals surface area (Å²) in [5.74, 6) is 0.549. The number of halogens is 1. The normalized spacial score (nSPS) is 13.0. The summed E-state index contributed by atoms with van der Waals surface area (Å²) >= 11 is 0. The highest BCUT2D eigenvalue weighted by atomic mass is 19.1. The van der Waals surface area contributed by atoms with Crippen LogP contribution in [0.1, 0.15) is 51.6 Å². The first kappa shape index (κ1) is 14.2. The Bertz CT molecular complexity index is 305. The standard InChI is InChI=1S/C15H24FN/c1-4-11-17-15(10-5-12(2)3)13-6-8-14(16)9-7-13/h6-9,12,15,17H,4-5,10-11H2,1-3H3. The van der Waals surface area contributed by atoms with Crippen LogP contribution in [0.3, 0.4) is 0 Å². The van der Waals surface area contributed by atoms with Crippen LogP contribution in [0.25, 0.3) is 0 Å². The Morgan fingerprint density at radius 3 is 2.29 bits per heavy atom. The maximum Gasteiger partial charge on any atom is 0.123 e. The van der Waals surface area contributed by atoms with Crippen LogP contribution in [0.2, 0.25) is 0 Å². The van der Waals surface area contributed by atoms with Crippen molar-refractivity contribution in [1.82, 2.24) is 5.32 Å². The molecule has 1 aromatic carbocycles. The Morgan fingerprint density at radius 1 is 1.12 bits per heavy atom. The van der Waals surface area contributed by atoms with E-state index in [2.05, 4.69) is 26.1 Å². The van der Waals surface area contributed by atoms with E-state index in [9.17, 15) is 4.39 Å². The average molecular weight is 237 g/mol. The molecule has 0 aliphatic heterocycles. The summed E-state index contributed by atoms with van der Waals surface area (Å²) in [4.78, 5) is 0. The number of rotatable bonds is 7. The van der Waals surface area contributed by atoms with Crippen LogP contribution in [0.5, 0.6) is 0 Å². The zero-order valence-corrected chi connectivity index (χ0v) is 11.2. The molecule has 2 heteroatoms. The summed E-state index contributed by atoms with van der Waals surface area (Å²) in [7, 11) is 0. The summed E-state index contributed by atoms with van der Waals surface area (Å²) in [5, 5.41) is 3.54. The molecular formula is C15H24FN. The molecule has 1 nitrogen and oxygen atoms in total. The van der Waals surface area contributed by atoms with Crippen molar-refractivity contribution < 1.29 is 4.39 Å². The van der Waals surface area contributed by atoms with Gasteiger partial charge in [0.15, 0.2) is 0 Å². The summed E-state index contributed by atoms with van der Waals surface area (Å²) in [6.45, 7) is 7.65. The zero-order chi connectivity index (χ0) is 12.7. The minimum atomic E-state index is -0.160. The van der Waals surface area contributed by atoms with Crippen molar-refractivity contribution in [2.75, 3.05) is 6.54 Å². The second kappa shape index (κ2) is 7.44. The predicted molar refractivity (Wildman–Crippen MR) is 71.5 cm³/mol. The van der Waals surface area contributed by atoms with Gasteiger partial charge in [0, 0.05) is 6.04 Å². The van der Waals surface area contributed by atoms with Gasteiger partial charge in [-0.15, -0.1) is 0 Å². The van der Waals surface area contributed by atoms with Gasteiger partial charge in [0.2, 0.25) is 0 Å². The van der Waals surface area contributed by atoms with E-state index in [0.29, 0.717) is 12.0 Å². The molecule has 0 aliphatic carbocycles. The average Bonchev–Trinajstić information content (AvgIpc) is 2.30. The Morgan fingerprint density at radius 2 is 1.76 bits per heavy atom. The van der Waals surface area contributed by atoms with Crippen LogP contribution in [-0.2, 0) is 0 Å². The fraction of sp³-hybridized carbons (Fsp3) is 0.600. The van der Waals surface area contributed by atoms with E-state index in [4.69, 9.17) is 0 Å². The van der Waals surface area contributed by atoms with Crippen molar-refractivity contribution in [3.8, 4) is 0 Å². The van der Waals surface area contributed by atoms with Crippen LogP contribution in [0, 0.1) is 11.7 Å². The first-order valence-corrected chi connectivity index (χ1v) is 6.62. The number of nitrogens with one attached hydrogen (secondary N) is 1. The molecule has 1 N–H and O–H groups in total. The minimum absolute atomic E-state index is 0.160. The maximum absolute atomic E-state index is 12.9. The summed E-state index contributed by atoms with van der Waals surface area (Å²) in [6, 6.07) is 7.24. The molecule has 0 saturated carbocycles.